The Hall–Kier alpha value is -1.66. The molecule has 0 saturated carbocycles. The first-order valence-corrected chi connectivity index (χ1v) is 20.1. The fourth-order valence-electron chi connectivity index (χ4n) is 8.36. The highest BCUT2D eigenvalue weighted by atomic mass is 16.7. The lowest BCUT2D eigenvalue weighted by Gasteiger charge is -2.39. The third-order valence-electron chi connectivity index (χ3n) is 11.7. The molecule has 294 valence electrons. The summed E-state index contributed by atoms with van der Waals surface area (Å²) in [6.07, 6.45) is 12.1. The molecule has 0 bridgehead atoms. The maximum absolute atomic E-state index is 13.7. The molecule has 0 aliphatic carbocycles. The number of likely N-dealkylation sites (tertiary alicyclic amines) is 2. The van der Waals surface area contributed by atoms with Gasteiger partial charge in [-0.25, -0.2) is 0 Å². The minimum Gasteiger partial charge on any atom is -0.462 e. The van der Waals surface area contributed by atoms with Crippen LogP contribution in [0.5, 0.6) is 0 Å². The summed E-state index contributed by atoms with van der Waals surface area (Å²) in [6.45, 7) is 15.6. The Kier molecular flexibility index (Phi) is 19.3. The summed E-state index contributed by atoms with van der Waals surface area (Å²) in [5.41, 5.74) is 0.979. The number of methoxy groups -OCH3 is 1. The van der Waals surface area contributed by atoms with E-state index in [1.165, 1.54) is 38.5 Å². The second kappa shape index (κ2) is 22.5. The topological polar surface area (TPSA) is 112 Å². The number of piperidine rings is 2. The smallest absolute Gasteiger partial charge is 0.308 e. The third kappa shape index (κ3) is 14.6. The molecule has 3 aliphatic heterocycles. The van der Waals surface area contributed by atoms with Crippen LogP contribution >= 0.6 is 0 Å². The molecule has 2 fully saturated rings. The number of esters is 1. The first-order chi connectivity index (χ1) is 24.3. The Morgan fingerprint density at radius 1 is 1.00 bits per heavy atom. The highest BCUT2D eigenvalue weighted by molar-refractivity contribution is 5.91. The molecule has 0 aromatic rings. The molecule has 2 saturated heterocycles. The van der Waals surface area contributed by atoms with Gasteiger partial charge in [0.05, 0.1) is 24.7 Å². The number of nitrogens with zero attached hydrogens (tertiary/aromatic N) is 3. The standard InChI is InChI=1S/C41H73N3O7/c1-9-38-34(28-44-21-14-11-15-22-44)24-29(2)16-17-36(46)30(3)25-33(18-23-43-19-12-10-13-20-43)41(31(4)37(47)27-39(48)50-38)51-40(49-8)26-35(32(5)45)42(6)7/h16-17,24,30-35,37-38,40-41,45,47H,9-15,18-23,25-28H2,1-8H3/b17-16+,29-24+/t30-,31+,32?,33+,34-,35?,37-,38-,40?,41-/m1/s1. The van der Waals surface area contributed by atoms with Gasteiger partial charge in [0, 0.05) is 43.9 Å². The van der Waals surface area contributed by atoms with E-state index in [4.69, 9.17) is 14.2 Å². The second-order valence-electron chi connectivity index (χ2n) is 16.1. The van der Waals surface area contributed by atoms with Crippen molar-refractivity contribution in [2.45, 2.75) is 142 Å². The van der Waals surface area contributed by atoms with Gasteiger partial charge in [-0.05, 0) is 118 Å². The van der Waals surface area contributed by atoms with Crippen molar-refractivity contribution in [3.63, 3.8) is 0 Å². The summed E-state index contributed by atoms with van der Waals surface area (Å²) in [5.74, 6) is -1.19. The summed E-state index contributed by atoms with van der Waals surface area (Å²) < 4.78 is 18.9. The number of carbonyl (C=O) groups excluding carboxylic acids is 2. The Labute approximate surface area is 309 Å². The lowest BCUT2D eigenvalue weighted by atomic mass is 9.79. The van der Waals surface area contributed by atoms with E-state index in [9.17, 15) is 19.8 Å². The van der Waals surface area contributed by atoms with Crippen molar-refractivity contribution in [3.05, 3.63) is 23.8 Å². The number of cyclic esters (lactones) is 1. The van der Waals surface area contributed by atoms with E-state index in [0.29, 0.717) is 19.3 Å². The quantitative estimate of drug-likeness (QED) is 0.188. The van der Waals surface area contributed by atoms with Gasteiger partial charge in [-0.3, -0.25) is 9.59 Å². The molecule has 51 heavy (non-hydrogen) atoms. The molecule has 0 radical (unpaired) electrons. The van der Waals surface area contributed by atoms with Crippen LogP contribution in [0.2, 0.25) is 0 Å². The number of ether oxygens (including phenoxy) is 3. The summed E-state index contributed by atoms with van der Waals surface area (Å²) in [5, 5.41) is 22.3. The first-order valence-electron chi connectivity index (χ1n) is 20.1. The normalized spacial score (nSPS) is 33.6. The fraction of sp³-hybridized carbons (Fsp3) is 0.854. The van der Waals surface area contributed by atoms with Crippen LogP contribution in [0.4, 0.5) is 0 Å². The van der Waals surface area contributed by atoms with Crippen molar-refractivity contribution in [3.8, 4) is 0 Å². The van der Waals surface area contributed by atoms with Gasteiger partial charge in [0.2, 0.25) is 0 Å². The Morgan fingerprint density at radius 2 is 1.63 bits per heavy atom. The lowest BCUT2D eigenvalue weighted by molar-refractivity contribution is -0.204. The van der Waals surface area contributed by atoms with E-state index in [-0.39, 0.29) is 42.1 Å². The largest absolute Gasteiger partial charge is 0.462 e. The van der Waals surface area contributed by atoms with Crippen molar-refractivity contribution in [2.75, 3.05) is 60.5 Å². The maximum Gasteiger partial charge on any atom is 0.308 e. The minimum atomic E-state index is -1.02. The summed E-state index contributed by atoms with van der Waals surface area (Å²) in [7, 11) is 5.45. The Morgan fingerprint density at radius 3 is 2.20 bits per heavy atom. The van der Waals surface area contributed by atoms with Crippen molar-refractivity contribution in [2.24, 2.45) is 23.7 Å². The van der Waals surface area contributed by atoms with Crippen LogP contribution in [-0.2, 0) is 23.8 Å². The Balaban J connectivity index is 1.99. The monoisotopic (exact) mass is 720 g/mol. The molecule has 10 atom stereocenters. The first kappa shape index (κ1) is 43.7. The molecular formula is C41H73N3O7. The van der Waals surface area contributed by atoms with E-state index in [1.807, 2.05) is 52.8 Å². The molecule has 3 heterocycles. The van der Waals surface area contributed by atoms with Crippen LogP contribution in [0.25, 0.3) is 0 Å². The second-order valence-corrected chi connectivity index (χ2v) is 16.1. The third-order valence-corrected chi connectivity index (χ3v) is 11.7. The van der Waals surface area contributed by atoms with Gasteiger partial charge in [0.15, 0.2) is 12.1 Å². The zero-order valence-electron chi connectivity index (χ0n) is 33.3. The van der Waals surface area contributed by atoms with Crippen LogP contribution in [0.3, 0.4) is 0 Å². The van der Waals surface area contributed by atoms with Gasteiger partial charge >= 0.3 is 5.97 Å². The molecule has 0 aromatic heterocycles. The van der Waals surface area contributed by atoms with Crippen molar-refractivity contribution in [1.82, 2.24) is 14.7 Å². The number of likely N-dealkylation sites (N-methyl/N-ethyl adjacent to an activating group) is 1. The molecular weight excluding hydrogens is 646 g/mol. The number of carbonyl (C=O) groups is 2. The highest BCUT2D eigenvalue weighted by Gasteiger charge is 2.38. The molecule has 3 unspecified atom stereocenters. The summed E-state index contributed by atoms with van der Waals surface area (Å²) >= 11 is 0. The number of hydrogen-bond acceptors (Lipinski definition) is 10. The van der Waals surface area contributed by atoms with Crippen LogP contribution in [0.1, 0.15) is 105 Å². The van der Waals surface area contributed by atoms with Gasteiger partial charge < -0.3 is 39.1 Å². The molecule has 0 spiro atoms. The molecule has 3 rings (SSSR count). The van der Waals surface area contributed by atoms with Crippen molar-refractivity contribution in [1.29, 1.82) is 0 Å². The average molecular weight is 720 g/mol. The van der Waals surface area contributed by atoms with E-state index >= 15 is 0 Å². The lowest BCUT2D eigenvalue weighted by Crippen LogP contribution is -2.46. The molecule has 0 aromatic carbocycles. The Bertz CT molecular complexity index is 1080. The van der Waals surface area contributed by atoms with Crippen LogP contribution in [-0.4, -0.2) is 134 Å². The molecule has 2 N–H and O–H groups in total. The fourth-order valence-corrected chi connectivity index (χ4v) is 8.36. The van der Waals surface area contributed by atoms with Gasteiger partial charge in [-0.2, -0.15) is 0 Å². The van der Waals surface area contributed by atoms with E-state index < -0.39 is 36.5 Å². The highest BCUT2D eigenvalue weighted by Crippen LogP contribution is 2.33. The molecule has 0 amide bonds. The molecule has 3 aliphatic rings. The van der Waals surface area contributed by atoms with Crippen molar-refractivity contribution < 1.29 is 34.0 Å². The van der Waals surface area contributed by atoms with Gasteiger partial charge in [-0.15, -0.1) is 0 Å². The number of rotatable bonds is 13. The van der Waals surface area contributed by atoms with Crippen molar-refractivity contribution >= 4 is 11.8 Å². The van der Waals surface area contributed by atoms with E-state index in [0.717, 1.165) is 51.3 Å². The summed E-state index contributed by atoms with van der Waals surface area (Å²) in [4.78, 5) is 34.3. The number of hydrogen-bond donors (Lipinski definition) is 2. The van der Waals surface area contributed by atoms with Gasteiger partial charge in [-0.1, -0.05) is 51.3 Å². The van der Waals surface area contributed by atoms with Gasteiger partial charge in [0.25, 0.3) is 0 Å². The molecule has 10 nitrogen and oxygen atoms in total. The average Bonchev–Trinajstić information content (AvgIpc) is 3.11. The summed E-state index contributed by atoms with van der Waals surface area (Å²) in [6, 6.07) is -0.214. The molecule has 10 heteroatoms. The SMILES string of the molecule is CC[C@H]1OC(=O)C[C@@H](O)[C@H](C)[C@@H](OC(CC(C(C)O)N(C)C)OC)[C@@H](CCN2CCCCC2)C[C@@H](C)C(=O)/C=C/C(C)=C/[C@@H]1CN1CCCCC1. The number of ketones is 1. The van der Waals surface area contributed by atoms with Crippen LogP contribution < -0.4 is 0 Å². The van der Waals surface area contributed by atoms with Crippen LogP contribution in [0.15, 0.2) is 23.8 Å². The predicted molar refractivity (Wildman–Crippen MR) is 203 cm³/mol. The maximum atomic E-state index is 13.7. The zero-order valence-corrected chi connectivity index (χ0v) is 33.3. The van der Waals surface area contributed by atoms with Crippen LogP contribution in [0, 0.1) is 23.7 Å². The number of aliphatic hydroxyl groups excluding tert-OH is 2. The number of allylic oxidation sites excluding steroid dienone is 3. The van der Waals surface area contributed by atoms with Gasteiger partial charge in [0.1, 0.15) is 6.10 Å². The van der Waals surface area contributed by atoms with E-state index in [2.05, 4.69) is 15.9 Å². The van der Waals surface area contributed by atoms with E-state index in [1.54, 1.807) is 20.1 Å². The minimum absolute atomic E-state index is 0.0343. The number of aliphatic hydroxyl groups is 2. The zero-order chi connectivity index (χ0) is 37.5. The predicted octanol–water partition coefficient (Wildman–Crippen LogP) is 5.46.